The Morgan fingerprint density at radius 1 is 1.26 bits per heavy atom. The van der Waals surface area contributed by atoms with Crippen molar-refractivity contribution in [1.29, 1.82) is 0 Å². The van der Waals surface area contributed by atoms with Gasteiger partial charge in [0.05, 0.1) is 12.1 Å². The van der Waals surface area contributed by atoms with Crippen molar-refractivity contribution in [3.05, 3.63) is 30.6 Å². The lowest BCUT2D eigenvalue weighted by molar-refractivity contribution is -0.141. The lowest BCUT2D eigenvalue weighted by Gasteiger charge is -2.21. The topological polar surface area (TPSA) is 55.3 Å². The van der Waals surface area contributed by atoms with Gasteiger partial charge in [0, 0.05) is 11.9 Å². The molecule has 0 atom stereocenters. The normalized spacial score (nSPS) is 10.4. The number of aromatic nitrogens is 2. The highest BCUT2D eigenvalue weighted by molar-refractivity contribution is 5.90. The molecule has 0 spiro atoms. The third-order valence-corrected chi connectivity index (χ3v) is 2.83. The van der Waals surface area contributed by atoms with Gasteiger partial charge in [0.1, 0.15) is 18.7 Å². The summed E-state index contributed by atoms with van der Waals surface area (Å²) in [7, 11) is 0. The average Bonchev–Trinajstić information content (AvgIpc) is 2.44. The molecular weight excluding hydrogens is 242 g/mol. The van der Waals surface area contributed by atoms with Gasteiger partial charge in [-0.1, -0.05) is 12.1 Å². The fourth-order valence-electron chi connectivity index (χ4n) is 1.94. The van der Waals surface area contributed by atoms with Crippen molar-refractivity contribution in [2.75, 3.05) is 24.6 Å². The van der Waals surface area contributed by atoms with Gasteiger partial charge in [-0.15, -0.1) is 0 Å². The summed E-state index contributed by atoms with van der Waals surface area (Å²) in [6.45, 7) is 5.05. The highest BCUT2D eigenvalue weighted by Crippen LogP contribution is 2.22. The number of anilines is 1. The van der Waals surface area contributed by atoms with Crippen LogP contribution in [0.1, 0.15) is 13.8 Å². The number of fused-ring (bicyclic) bond motifs is 1. The highest BCUT2D eigenvalue weighted by atomic mass is 16.5. The van der Waals surface area contributed by atoms with E-state index in [1.54, 1.807) is 6.92 Å². The monoisotopic (exact) mass is 259 g/mol. The molecule has 100 valence electrons. The third kappa shape index (κ3) is 2.99. The first-order chi connectivity index (χ1) is 9.26. The number of hydrogen-bond acceptors (Lipinski definition) is 5. The molecule has 2 rings (SSSR count). The number of benzene rings is 1. The number of carbonyl (C=O) groups excluding carboxylic acids is 1. The van der Waals surface area contributed by atoms with E-state index in [9.17, 15) is 4.79 Å². The van der Waals surface area contributed by atoms with Crippen LogP contribution < -0.4 is 4.90 Å². The van der Waals surface area contributed by atoms with Crippen molar-refractivity contribution in [3.8, 4) is 0 Å². The van der Waals surface area contributed by atoms with Crippen LogP contribution >= 0.6 is 0 Å². The fraction of sp³-hybridized carbons (Fsp3) is 0.357. The molecule has 0 aliphatic rings. The quantitative estimate of drug-likeness (QED) is 0.769. The van der Waals surface area contributed by atoms with Gasteiger partial charge in [-0.25, -0.2) is 9.97 Å². The zero-order chi connectivity index (χ0) is 13.7. The van der Waals surface area contributed by atoms with Crippen LogP contribution in [-0.2, 0) is 9.53 Å². The summed E-state index contributed by atoms with van der Waals surface area (Å²) in [6, 6.07) is 7.76. The lowest BCUT2D eigenvalue weighted by Crippen LogP contribution is -2.31. The molecule has 0 saturated heterocycles. The maximum Gasteiger partial charge on any atom is 0.325 e. The molecule has 5 heteroatoms. The number of rotatable bonds is 5. The standard InChI is InChI=1S/C14H17N3O2/c1-3-17(9-13(18)19-4-2)14-11-7-5-6-8-12(11)15-10-16-14/h5-8,10H,3-4,9H2,1-2H3. The van der Waals surface area contributed by atoms with Crippen molar-refractivity contribution in [1.82, 2.24) is 9.97 Å². The van der Waals surface area contributed by atoms with Crippen molar-refractivity contribution in [3.63, 3.8) is 0 Å². The summed E-state index contributed by atoms with van der Waals surface area (Å²) in [6.07, 6.45) is 1.52. The summed E-state index contributed by atoms with van der Waals surface area (Å²) >= 11 is 0. The Morgan fingerprint density at radius 3 is 2.79 bits per heavy atom. The first kappa shape index (κ1) is 13.3. The average molecular weight is 259 g/mol. The zero-order valence-corrected chi connectivity index (χ0v) is 11.2. The van der Waals surface area contributed by atoms with Crippen LogP contribution in [0.3, 0.4) is 0 Å². The van der Waals surface area contributed by atoms with Crippen LogP contribution in [0, 0.1) is 0 Å². The second kappa shape index (κ2) is 6.13. The zero-order valence-electron chi connectivity index (χ0n) is 11.2. The number of ether oxygens (including phenoxy) is 1. The molecule has 5 nitrogen and oxygen atoms in total. The van der Waals surface area contributed by atoms with E-state index < -0.39 is 0 Å². The molecule has 2 aromatic rings. The molecule has 0 aliphatic carbocycles. The Kier molecular flexibility index (Phi) is 4.28. The molecule has 0 aliphatic heterocycles. The van der Waals surface area contributed by atoms with Gasteiger partial charge in [0.25, 0.3) is 0 Å². The second-order valence-corrected chi connectivity index (χ2v) is 4.03. The van der Waals surface area contributed by atoms with Crippen molar-refractivity contribution in [2.24, 2.45) is 0 Å². The van der Waals surface area contributed by atoms with Crippen molar-refractivity contribution >= 4 is 22.7 Å². The van der Waals surface area contributed by atoms with Gasteiger partial charge in [-0.05, 0) is 26.0 Å². The van der Waals surface area contributed by atoms with Gasteiger partial charge < -0.3 is 9.64 Å². The van der Waals surface area contributed by atoms with E-state index in [1.165, 1.54) is 6.33 Å². The first-order valence-electron chi connectivity index (χ1n) is 6.36. The van der Waals surface area contributed by atoms with E-state index in [0.717, 1.165) is 16.7 Å². The number of para-hydroxylation sites is 1. The van der Waals surface area contributed by atoms with Crippen molar-refractivity contribution < 1.29 is 9.53 Å². The van der Waals surface area contributed by atoms with E-state index in [4.69, 9.17) is 4.74 Å². The molecular formula is C14H17N3O2. The van der Waals surface area contributed by atoms with Crippen LogP contribution in [0.5, 0.6) is 0 Å². The molecule has 0 bridgehead atoms. The summed E-state index contributed by atoms with van der Waals surface area (Å²) in [4.78, 5) is 22.0. The SMILES string of the molecule is CCOC(=O)CN(CC)c1ncnc2ccccc12. The maximum absolute atomic E-state index is 11.6. The van der Waals surface area contributed by atoms with E-state index in [1.807, 2.05) is 36.1 Å². The molecule has 0 radical (unpaired) electrons. The van der Waals surface area contributed by atoms with Crippen LogP contribution in [0.4, 0.5) is 5.82 Å². The second-order valence-electron chi connectivity index (χ2n) is 4.03. The molecule has 1 aromatic heterocycles. The molecule has 19 heavy (non-hydrogen) atoms. The minimum atomic E-state index is -0.243. The molecule has 0 amide bonds. The van der Waals surface area contributed by atoms with E-state index >= 15 is 0 Å². The number of esters is 1. The molecule has 0 unspecified atom stereocenters. The minimum Gasteiger partial charge on any atom is -0.465 e. The van der Waals surface area contributed by atoms with Crippen LogP contribution in [-0.4, -0.2) is 35.6 Å². The predicted molar refractivity (Wildman–Crippen MR) is 74.1 cm³/mol. The Hall–Kier alpha value is -2.17. The van der Waals surface area contributed by atoms with Gasteiger partial charge in [-0.2, -0.15) is 0 Å². The molecule has 1 aromatic carbocycles. The molecule has 0 N–H and O–H groups in total. The van der Waals surface area contributed by atoms with E-state index in [2.05, 4.69) is 9.97 Å². The Morgan fingerprint density at radius 2 is 2.05 bits per heavy atom. The first-order valence-corrected chi connectivity index (χ1v) is 6.36. The number of likely N-dealkylation sites (N-methyl/N-ethyl adjacent to an activating group) is 1. The number of hydrogen-bond donors (Lipinski definition) is 0. The number of nitrogens with zero attached hydrogens (tertiary/aromatic N) is 3. The van der Waals surface area contributed by atoms with Crippen LogP contribution in [0.15, 0.2) is 30.6 Å². The van der Waals surface area contributed by atoms with Crippen LogP contribution in [0.2, 0.25) is 0 Å². The lowest BCUT2D eigenvalue weighted by atomic mass is 10.2. The Bertz CT molecular complexity index is 566. The largest absolute Gasteiger partial charge is 0.465 e. The summed E-state index contributed by atoms with van der Waals surface area (Å²) in [5.74, 6) is 0.521. The van der Waals surface area contributed by atoms with Crippen LogP contribution in [0.25, 0.3) is 10.9 Å². The van der Waals surface area contributed by atoms with E-state index in [-0.39, 0.29) is 12.5 Å². The highest BCUT2D eigenvalue weighted by Gasteiger charge is 2.14. The van der Waals surface area contributed by atoms with E-state index in [0.29, 0.717) is 13.2 Å². The Labute approximate surface area is 112 Å². The summed E-state index contributed by atoms with van der Waals surface area (Å²) in [5, 5.41) is 0.941. The summed E-state index contributed by atoms with van der Waals surface area (Å²) < 4.78 is 4.98. The predicted octanol–water partition coefficient (Wildman–Crippen LogP) is 2.02. The van der Waals surface area contributed by atoms with Gasteiger partial charge in [-0.3, -0.25) is 4.79 Å². The maximum atomic E-state index is 11.6. The smallest absolute Gasteiger partial charge is 0.325 e. The van der Waals surface area contributed by atoms with Gasteiger partial charge >= 0.3 is 5.97 Å². The summed E-state index contributed by atoms with van der Waals surface area (Å²) in [5.41, 5.74) is 0.870. The Balaban J connectivity index is 2.32. The van der Waals surface area contributed by atoms with Crippen molar-refractivity contribution in [2.45, 2.75) is 13.8 Å². The van der Waals surface area contributed by atoms with Gasteiger partial charge in [0.2, 0.25) is 0 Å². The molecule has 1 heterocycles. The number of carbonyl (C=O) groups is 1. The molecule has 0 saturated carbocycles. The molecule has 0 fully saturated rings. The minimum absolute atomic E-state index is 0.200. The van der Waals surface area contributed by atoms with Gasteiger partial charge in [0.15, 0.2) is 0 Å². The fourth-order valence-corrected chi connectivity index (χ4v) is 1.94. The third-order valence-electron chi connectivity index (χ3n) is 2.83.